The first-order valence-corrected chi connectivity index (χ1v) is 7.85. The smallest absolute Gasteiger partial charge is 0.277 e. The Labute approximate surface area is 150 Å². The van der Waals surface area contributed by atoms with Gasteiger partial charge in [0, 0.05) is 23.0 Å². The van der Waals surface area contributed by atoms with Crippen molar-refractivity contribution in [1.82, 2.24) is 5.16 Å². The first kappa shape index (κ1) is 17.2. The lowest BCUT2D eigenvalue weighted by molar-refractivity contribution is 0.101. The summed E-state index contributed by atoms with van der Waals surface area (Å²) in [6, 6.07) is 15.1. The molecule has 0 aliphatic carbocycles. The molecule has 2 amide bonds. The quantitative estimate of drug-likeness (QED) is 0.734. The molecule has 7 heteroatoms. The molecule has 1 heterocycles. The van der Waals surface area contributed by atoms with Gasteiger partial charge in [-0.15, -0.1) is 0 Å². The third-order valence-corrected chi connectivity index (χ3v) is 3.61. The molecule has 132 valence electrons. The number of methoxy groups -OCH3 is 1. The molecule has 0 aliphatic rings. The van der Waals surface area contributed by atoms with Crippen molar-refractivity contribution in [3.63, 3.8) is 0 Å². The summed E-state index contributed by atoms with van der Waals surface area (Å²) in [7, 11) is 1.58. The van der Waals surface area contributed by atoms with Crippen molar-refractivity contribution in [1.29, 1.82) is 0 Å². The second kappa shape index (κ2) is 7.52. The fourth-order valence-corrected chi connectivity index (χ4v) is 2.25. The maximum absolute atomic E-state index is 12.3. The summed E-state index contributed by atoms with van der Waals surface area (Å²) in [4.78, 5) is 24.3. The number of hydrogen-bond acceptors (Lipinski definition) is 5. The summed E-state index contributed by atoms with van der Waals surface area (Å²) in [5.74, 6) is 0.642. The Morgan fingerprint density at radius 1 is 0.923 bits per heavy atom. The number of anilines is 2. The number of amides is 2. The maximum Gasteiger partial charge on any atom is 0.277 e. The lowest BCUT2D eigenvalue weighted by Gasteiger charge is -2.07. The van der Waals surface area contributed by atoms with Gasteiger partial charge in [0.1, 0.15) is 11.5 Å². The number of hydrogen-bond donors (Lipinski definition) is 2. The SMILES string of the molecule is COc1ccc(NC(=O)c2ccc(NC(=O)c3cc(C)on3)cc2)cc1. The van der Waals surface area contributed by atoms with Crippen LogP contribution in [-0.2, 0) is 0 Å². The van der Waals surface area contributed by atoms with Gasteiger partial charge in [-0.3, -0.25) is 9.59 Å². The Balaban J connectivity index is 1.62. The highest BCUT2D eigenvalue weighted by Crippen LogP contribution is 2.17. The van der Waals surface area contributed by atoms with Gasteiger partial charge >= 0.3 is 0 Å². The van der Waals surface area contributed by atoms with Gasteiger partial charge in [0.15, 0.2) is 5.69 Å². The van der Waals surface area contributed by atoms with Crippen LogP contribution in [0.15, 0.2) is 59.1 Å². The van der Waals surface area contributed by atoms with Crippen molar-refractivity contribution in [3.05, 3.63) is 71.6 Å². The summed E-state index contributed by atoms with van der Waals surface area (Å²) >= 11 is 0. The average molecular weight is 351 g/mol. The van der Waals surface area contributed by atoms with Gasteiger partial charge in [-0.05, 0) is 55.5 Å². The van der Waals surface area contributed by atoms with Crippen molar-refractivity contribution >= 4 is 23.2 Å². The molecule has 0 aliphatic heterocycles. The Bertz CT molecular complexity index is 915. The predicted molar refractivity (Wildman–Crippen MR) is 96.6 cm³/mol. The molecule has 3 aromatic rings. The van der Waals surface area contributed by atoms with Crippen LogP contribution < -0.4 is 15.4 Å². The molecule has 3 rings (SSSR count). The highest BCUT2D eigenvalue weighted by atomic mass is 16.5. The largest absolute Gasteiger partial charge is 0.497 e. The first-order valence-electron chi connectivity index (χ1n) is 7.85. The Hall–Kier alpha value is -3.61. The number of nitrogens with one attached hydrogen (secondary N) is 2. The number of carbonyl (C=O) groups excluding carboxylic acids is 2. The lowest BCUT2D eigenvalue weighted by Crippen LogP contribution is -2.14. The van der Waals surface area contributed by atoms with E-state index in [1.165, 1.54) is 0 Å². The number of benzene rings is 2. The molecule has 0 bridgehead atoms. The predicted octanol–water partition coefficient (Wildman–Crippen LogP) is 3.50. The van der Waals surface area contributed by atoms with E-state index in [2.05, 4.69) is 15.8 Å². The third-order valence-electron chi connectivity index (χ3n) is 3.61. The van der Waals surface area contributed by atoms with E-state index in [0.717, 1.165) is 0 Å². The highest BCUT2D eigenvalue weighted by Gasteiger charge is 2.12. The molecule has 0 fully saturated rings. The van der Waals surface area contributed by atoms with E-state index >= 15 is 0 Å². The van der Waals surface area contributed by atoms with Crippen LogP contribution >= 0.6 is 0 Å². The molecule has 1 aromatic heterocycles. The molecular weight excluding hydrogens is 334 g/mol. The van der Waals surface area contributed by atoms with Gasteiger partial charge in [0.2, 0.25) is 0 Å². The van der Waals surface area contributed by atoms with E-state index in [0.29, 0.717) is 28.4 Å². The van der Waals surface area contributed by atoms with E-state index in [4.69, 9.17) is 9.26 Å². The Morgan fingerprint density at radius 2 is 1.50 bits per heavy atom. The van der Waals surface area contributed by atoms with Crippen LogP contribution in [0.25, 0.3) is 0 Å². The minimum Gasteiger partial charge on any atom is -0.497 e. The maximum atomic E-state index is 12.3. The Morgan fingerprint density at radius 3 is 2.04 bits per heavy atom. The number of rotatable bonds is 5. The molecule has 0 saturated heterocycles. The van der Waals surface area contributed by atoms with Gasteiger partial charge < -0.3 is 19.9 Å². The van der Waals surface area contributed by atoms with E-state index in [-0.39, 0.29) is 17.5 Å². The molecule has 7 nitrogen and oxygen atoms in total. The van der Waals surface area contributed by atoms with Crippen LogP contribution in [0.3, 0.4) is 0 Å². The second-order valence-electron chi connectivity index (χ2n) is 5.54. The van der Waals surface area contributed by atoms with Crippen molar-refractivity contribution in [2.45, 2.75) is 6.92 Å². The number of nitrogens with zero attached hydrogens (tertiary/aromatic N) is 1. The standard InChI is InChI=1S/C19H17N3O4/c1-12-11-17(22-26-12)19(24)21-14-5-3-13(4-6-14)18(23)20-15-7-9-16(25-2)10-8-15/h3-11H,1-2H3,(H,20,23)(H,21,24). The van der Waals surface area contributed by atoms with Crippen molar-refractivity contribution < 1.29 is 18.8 Å². The summed E-state index contributed by atoms with van der Waals surface area (Å²) in [6.45, 7) is 1.71. The Kier molecular flexibility index (Phi) is 4.98. The summed E-state index contributed by atoms with van der Waals surface area (Å²) in [5.41, 5.74) is 1.88. The van der Waals surface area contributed by atoms with Gasteiger partial charge in [0.05, 0.1) is 7.11 Å². The molecule has 0 unspecified atom stereocenters. The number of aromatic nitrogens is 1. The van der Waals surface area contributed by atoms with E-state index < -0.39 is 0 Å². The molecule has 0 atom stereocenters. The van der Waals surface area contributed by atoms with E-state index in [1.807, 2.05) is 0 Å². The molecular formula is C19H17N3O4. The zero-order valence-corrected chi connectivity index (χ0v) is 14.3. The highest BCUT2D eigenvalue weighted by molar-refractivity contribution is 6.05. The summed E-state index contributed by atoms with van der Waals surface area (Å²) in [6.07, 6.45) is 0. The zero-order valence-electron chi connectivity index (χ0n) is 14.3. The third kappa shape index (κ3) is 4.07. The minimum atomic E-state index is -0.378. The molecule has 0 radical (unpaired) electrons. The van der Waals surface area contributed by atoms with Crippen LogP contribution in [-0.4, -0.2) is 24.1 Å². The zero-order chi connectivity index (χ0) is 18.5. The van der Waals surface area contributed by atoms with Crippen LogP contribution in [0.5, 0.6) is 5.75 Å². The van der Waals surface area contributed by atoms with Crippen molar-refractivity contribution in [3.8, 4) is 5.75 Å². The van der Waals surface area contributed by atoms with Gasteiger partial charge in [-0.25, -0.2) is 0 Å². The number of carbonyl (C=O) groups is 2. The lowest BCUT2D eigenvalue weighted by atomic mass is 10.2. The number of ether oxygens (including phenoxy) is 1. The molecule has 26 heavy (non-hydrogen) atoms. The first-order chi connectivity index (χ1) is 12.5. The van der Waals surface area contributed by atoms with Crippen LogP contribution in [0, 0.1) is 6.92 Å². The van der Waals surface area contributed by atoms with E-state index in [9.17, 15) is 9.59 Å². The molecule has 2 aromatic carbocycles. The van der Waals surface area contributed by atoms with Crippen molar-refractivity contribution in [2.75, 3.05) is 17.7 Å². The normalized spacial score (nSPS) is 10.2. The van der Waals surface area contributed by atoms with Crippen molar-refractivity contribution in [2.24, 2.45) is 0 Å². The molecule has 2 N–H and O–H groups in total. The van der Waals surface area contributed by atoms with Gasteiger partial charge in [0.25, 0.3) is 11.8 Å². The van der Waals surface area contributed by atoms with Gasteiger partial charge in [-0.2, -0.15) is 0 Å². The fourth-order valence-electron chi connectivity index (χ4n) is 2.25. The van der Waals surface area contributed by atoms with Crippen LogP contribution in [0.4, 0.5) is 11.4 Å². The van der Waals surface area contributed by atoms with Gasteiger partial charge in [-0.1, -0.05) is 5.16 Å². The van der Waals surface area contributed by atoms with Crippen LogP contribution in [0.2, 0.25) is 0 Å². The molecule has 0 saturated carbocycles. The summed E-state index contributed by atoms with van der Waals surface area (Å²) < 4.78 is 9.95. The fraction of sp³-hybridized carbons (Fsp3) is 0.105. The topological polar surface area (TPSA) is 93.5 Å². The monoisotopic (exact) mass is 351 g/mol. The van der Waals surface area contributed by atoms with E-state index in [1.54, 1.807) is 68.6 Å². The van der Waals surface area contributed by atoms with Crippen LogP contribution in [0.1, 0.15) is 26.6 Å². The second-order valence-corrected chi connectivity index (χ2v) is 5.54. The summed E-state index contributed by atoms with van der Waals surface area (Å²) in [5, 5.41) is 9.14. The average Bonchev–Trinajstić information content (AvgIpc) is 3.09. The molecule has 0 spiro atoms. The number of aryl methyl sites for hydroxylation is 1. The minimum absolute atomic E-state index is 0.198.